The van der Waals surface area contributed by atoms with Gasteiger partial charge in [0, 0.05) is 0 Å². The van der Waals surface area contributed by atoms with E-state index in [-0.39, 0.29) is 11.5 Å². The molecular weight excluding hydrogens is 156 g/mol. The highest BCUT2D eigenvalue weighted by Crippen LogP contribution is 2.24. The molecule has 0 saturated heterocycles. The Balaban J connectivity index is 2.57. The van der Waals surface area contributed by atoms with E-state index in [1.165, 1.54) is 0 Å². The fourth-order valence-electron chi connectivity index (χ4n) is 1.09. The van der Waals surface area contributed by atoms with E-state index in [1.54, 1.807) is 0 Å². The smallest absolute Gasteiger partial charge is 0.436 e. The van der Waals surface area contributed by atoms with Crippen molar-refractivity contribution in [1.29, 1.82) is 0 Å². The van der Waals surface area contributed by atoms with E-state index in [0.29, 0.717) is 12.3 Å². The minimum atomic E-state index is -0.568. The van der Waals surface area contributed by atoms with Crippen molar-refractivity contribution in [3.8, 4) is 0 Å². The van der Waals surface area contributed by atoms with E-state index in [1.807, 2.05) is 0 Å². The summed E-state index contributed by atoms with van der Waals surface area (Å²) < 4.78 is 4.88. The van der Waals surface area contributed by atoms with Crippen LogP contribution in [-0.2, 0) is 4.74 Å². The second kappa shape index (κ2) is 2.77. The number of carbonyl (C=O) groups is 1. The van der Waals surface area contributed by atoms with Gasteiger partial charge in [-0.2, -0.15) is 4.99 Å². The molecule has 0 aromatic rings. The molecule has 1 atom stereocenters. The first kappa shape index (κ1) is 9.03. The molecule has 1 rings (SSSR count). The molecule has 1 amide bonds. The number of amides is 1. The van der Waals surface area contributed by atoms with Crippen molar-refractivity contribution >= 4 is 11.9 Å². The number of nitrogens with two attached hydrogens (primary N) is 1. The minimum absolute atomic E-state index is 0.0927. The van der Waals surface area contributed by atoms with Gasteiger partial charge in [-0.25, -0.2) is 4.79 Å². The van der Waals surface area contributed by atoms with Crippen molar-refractivity contribution in [1.82, 2.24) is 0 Å². The Bertz CT molecular complexity index is 228. The average Bonchev–Trinajstić information content (AvgIpc) is 2.06. The van der Waals surface area contributed by atoms with Crippen molar-refractivity contribution in [2.24, 2.45) is 16.1 Å². The standard InChI is InChI=1S/C8H14N2O2/c1-8(2,3)4-5-6(9)10-7(11)12-5/h5H,4H2,1-3H3,(H2,9,10,11). The molecule has 0 bridgehead atoms. The Labute approximate surface area is 71.8 Å². The number of carbonyl (C=O) groups excluding carboxylic acids is 1. The zero-order chi connectivity index (χ0) is 9.35. The Morgan fingerprint density at radius 1 is 1.58 bits per heavy atom. The molecule has 0 aromatic carbocycles. The molecule has 0 aliphatic carbocycles. The summed E-state index contributed by atoms with van der Waals surface area (Å²) in [5, 5.41) is 0. The van der Waals surface area contributed by atoms with Crippen LogP contribution < -0.4 is 5.73 Å². The molecule has 0 spiro atoms. The van der Waals surface area contributed by atoms with Crippen molar-refractivity contribution in [3.63, 3.8) is 0 Å². The van der Waals surface area contributed by atoms with Crippen LogP contribution in [0.1, 0.15) is 27.2 Å². The molecule has 68 valence electrons. The highest BCUT2D eigenvalue weighted by atomic mass is 16.6. The van der Waals surface area contributed by atoms with E-state index in [0.717, 1.165) is 0 Å². The average molecular weight is 170 g/mol. The van der Waals surface area contributed by atoms with Crippen molar-refractivity contribution in [2.45, 2.75) is 33.3 Å². The lowest BCUT2D eigenvalue weighted by molar-refractivity contribution is 0.126. The zero-order valence-electron chi connectivity index (χ0n) is 7.63. The molecule has 1 heterocycles. The van der Waals surface area contributed by atoms with Crippen LogP contribution in [0.3, 0.4) is 0 Å². The summed E-state index contributed by atoms with van der Waals surface area (Å²) in [6.45, 7) is 6.19. The highest BCUT2D eigenvalue weighted by Gasteiger charge is 2.29. The van der Waals surface area contributed by atoms with Crippen LogP contribution in [-0.4, -0.2) is 18.0 Å². The molecular formula is C8H14N2O2. The van der Waals surface area contributed by atoms with E-state index in [4.69, 9.17) is 10.5 Å². The summed E-state index contributed by atoms with van der Waals surface area (Å²) in [5.41, 5.74) is 5.57. The first-order chi connectivity index (χ1) is 5.38. The number of ether oxygens (including phenoxy) is 1. The van der Waals surface area contributed by atoms with Crippen molar-refractivity contribution in [2.75, 3.05) is 0 Å². The van der Waals surface area contributed by atoms with E-state index in [9.17, 15) is 4.79 Å². The summed E-state index contributed by atoms with van der Waals surface area (Å²) in [6.07, 6.45) is -0.173. The molecule has 1 unspecified atom stereocenters. The summed E-state index contributed by atoms with van der Waals surface area (Å²) >= 11 is 0. The third kappa shape index (κ3) is 2.22. The van der Waals surface area contributed by atoms with Gasteiger partial charge in [0.1, 0.15) is 5.84 Å². The molecule has 4 heteroatoms. The van der Waals surface area contributed by atoms with Crippen LogP contribution in [0.5, 0.6) is 0 Å². The van der Waals surface area contributed by atoms with E-state index < -0.39 is 6.09 Å². The summed E-state index contributed by atoms with van der Waals surface area (Å²) in [7, 11) is 0. The lowest BCUT2D eigenvalue weighted by Crippen LogP contribution is -2.30. The number of amidine groups is 1. The van der Waals surface area contributed by atoms with Gasteiger partial charge in [-0.1, -0.05) is 20.8 Å². The Morgan fingerprint density at radius 3 is 2.50 bits per heavy atom. The maximum atomic E-state index is 10.7. The molecule has 0 fully saturated rings. The predicted octanol–water partition coefficient (Wildman–Crippen LogP) is 1.30. The maximum Gasteiger partial charge on any atom is 0.436 e. The summed E-state index contributed by atoms with van der Waals surface area (Å²) in [4.78, 5) is 14.1. The largest absolute Gasteiger partial charge is 0.436 e. The second-order valence-corrected chi connectivity index (χ2v) is 4.17. The van der Waals surface area contributed by atoms with Gasteiger partial charge < -0.3 is 10.5 Å². The fourth-order valence-corrected chi connectivity index (χ4v) is 1.09. The predicted molar refractivity (Wildman–Crippen MR) is 46.0 cm³/mol. The molecule has 1 aliphatic heterocycles. The number of cyclic esters (lactones) is 1. The quantitative estimate of drug-likeness (QED) is 0.645. The summed E-state index contributed by atoms with van der Waals surface area (Å²) in [5.74, 6) is 0.301. The number of hydrogen-bond donors (Lipinski definition) is 1. The Morgan fingerprint density at radius 2 is 2.17 bits per heavy atom. The maximum absolute atomic E-state index is 10.7. The third-order valence-electron chi connectivity index (χ3n) is 1.59. The van der Waals surface area contributed by atoms with E-state index in [2.05, 4.69) is 25.8 Å². The third-order valence-corrected chi connectivity index (χ3v) is 1.59. The first-order valence-corrected chi connectivity index (χ1v) is 3.93. The van der Waals surface area contributed by atoms with Crippen molar-refractivity contribution < 1.29 is 9.53 Å². The highest BCUT2D eigenvalue weighted by molar-refractivity contribution is 5.98. The molecule has 4 nitrogen and oxygen atoms in total. The van der Waals surface area contributed by atoms with Gasteiger partial charge in [0.15, 0.2) is 6.10 Å². The Hall–Kier alpha value is -1.06. The second-order valence-electron chi connectivity index (χ2n) is 4.17. The zero-order valence-corrected chi connectivity index (χ0v) is 7.63. The van der Waals surface area contributed by atoms with Gasteiger partial charge >= 0.3 is 6.09 Å². The van der Waals surface area contributed by atoms with Gasteiger partial charge in [0.2, 0.25) is 0 Å². The molecule has 12 heavy (non-hydrogen) atoms. The number of hydrogen-bond acceptors (Lipinski definition) is 3. The Kier molecular flexibility index (Phi) is 2.08. The molecule has 2 N–H and O–H groups in total. The number of aliphatic imine (C=N–C) groups is 1. The monoisotopic (exact) mass is 170 g/mol. The van der Waals surface area contributed by atoms with Gasteiger partial charge in [0.25, 0.3) is 0 Å². The lowest BCUT2D eigenvalue weighted by atomic mass is 9.89. The van der Waals surface area contributed by atoms with Crippen LogP contribution in [0.2, 0.25) is 0 Å². The van der Waals surface area contributed by atoms with Gasteiger partial charge in [-0.15, -0.1) is 0 Å². The molecule has 0 radical (unpaired) electrons. The SMILES string of the molecule is CC(C)(C)CC1OC(=O)N=C1N. The topological polar surface area (TPSA) is 64.7 Å². The van der Waals surface area contributed by atoms with Crippen LogP contribution in [0.4, 0.5) is 4.79 Å². The molecule has 1 aliphatic rings. The van der Waals surface area contributed by atoms with Crippen molar-refractivity contribution in [3.05, 3.63) is 0 Å². The summed E-state index contributed by atoms with van der Waals surface area (Å²) in [6, 6.07) is 0. The molecule has 0 saturated carbocycles. The van der Waals surface area contributed by atoms with Crippen LogP contribution in [0, 0.1) is 5.41 Å². The van der Waals surface area contributed by atoms with Crippen LogP contribution in [0.25, 0.3) is 0 Å². The minimum Gasteiger partial charge on any atom is -0.436 e. The first-order valence-electron chi connectivity index (χ1n) is 3.93. The van der Waals surface area contributed by atoms with Crippen LogP contribution >= 0.6 is 0 Å². The van der Waals surface area contributed by atoms with Gasteiger partial charge in [-0.3, -0.25) is 0 Å². The van der Waals surface area contributed by atoms with Gasteiger partial charge in [0.05, 0.1) is 0 Å². The van der Waals surface area contributed by atoms with Crippen LogP contribution in [0.15, 0.2) is 4.99 Å². The fraction of sp³-hybridized carbons (Fsp3) is 0.750. The lowest BCUT2D eigenvalue weighted by Gasteiger charge is -2.21. The molecule has 0 aromatic heterocycles. The van der Waals surface area contributed by atoms with Gasteiger partial charge in [-0.05, 0) is 11.8 Å². The van der Waals surface area contributed by atoms with E-state index >= 15 is 0 Å². The normalized spacial score (nSPS) is 23.8. The number of nitrogens with zero attached hydrogens (tertiary/aromatic N) is 1. The number of rotatable bonds is 1.